The minimum atomic E-state index is 0.556. The summed E-state index contributed by atoms with van der Waals surface area (Å²) in [6.45, 7) is 1.41. The fourth-order valence-corrected chi connectivity index (χ4v) is 1.31. The molecule has 0 amide bonds. The van der Waals surface area contributed by atoms with Gasteiger partial charge in [0.1, 0.15) is 5.75 Å². The van der Waals surface area contributed by atoms with Crippen molar-refractivity contribution in [3.05, 3.63) is 29.8 Å². The summed E-state index contributed by atoms with van der Waals surface area (Å²) < 4.78 is 5.67. The minimum absolute atomic E-state index is 0.556. The molecule has 2 heteroatoms. The minimum Gasteiger partial charge on any atom is -0.493 e. The van der Waals surface area contributed by atoms with Crippen LogP contribution in [0.25, 0.3) is 0 Å². The van der Waals surface area contributed by atoms with Crippen LogP contribution in [0.15, 0.2) is 24.3 Å². The fourth-order valence-electron chi connectivity index (χ4n) is 1.31. The van der Waals surface area contributed by atoms with Crippen molar-refractivity contribution in [3.8, 4) is 5.75 Å². The molecule has 0 saturated heterocycles. The van der Waals surface area contributed by atoms with Crippen molar-refractivity contribution >= 4 is 0 Å². The van der Waals surface area contributed by atoms with E-state index < -0.39 is 0 Å². The number of ether oxygens (including phenoxy) is 1. The molecule has 70 valence electrons. The molecule has 13 heavy (non-hydrogen) atoms. The van der Waals surface area contributed by atoms with Crippen molar-refractivity contribution in [3.63, 3.8) is 0 Å². The number of nitrogens with two attached hydrogens (primary N) is 1. The van der Waals surface area contributed by atoms with Crippen LogP contribution < -0.4 is 10.5 Å². The highest BCUT2D eigenvalue weighted by atomic mass is 16.5. The lowest BCUT2D eigenvalue weighted by molar-refractivity contribution is 0.297. The summed E-state index contributed by atoms with van der Waals surface area (Å²) in [5.41, 5.74) is 6.69. The predicted molar refractivity (Wildman–Crippen MR) is 52.6 cm³/mol. The molecule has 0 radical (unpaired) electrons. The third kappa shape index (κ3) is 2.22. The molecule has 2 N–H and O–H groups in total. The van der Waals surface area contributed by atoms with Crippen LogP contribution in [0.4, 0.5) is 0 Å². The molecule has 0 spiro atoms. The first-order valence-electron chi connectivity index (χ1n) is 4.81. The first-order chi connectivity index (χ1) is 6.40. The molecule has 1 aliphatic carbocycles. The van der Waals surface area contributed by atoms with Crippen molar-refractivity contribution in [1.82, 2.24) is 0 Å². The second-order valence-corrected chi connectivity index (χ2v) is 3.57. The quantitative estimate of drug-likeness (QED) is 0.762. The molecule has 0 aliphatic heterocycles. The number of para-hydroxylation sites is 1. The second-order valence-electron chi connectivity index (χ2n) is 3.57. The molecular formula is C11H15NO. The molecule has 0 atom stereocenters. The highest BCUT2D eigenvalue weighted by Crippen LogP contribution is 2.30. The number of hydrogen-bond acceptors (Lipinski definition) is 2. The third-order valence-corrected chi connectivity index (χ3v) is 2.36. The van der Waals surface area contributed by atoms with Crippen LogP contribution in [0.5, 0.6) is 5.75 Å². The molecule has 1 aliphatic rings. The lowest BCUT2D eigenvalue weighted by Crippen LogP contribution is -2.04. The van der Waals surface area contributed by atoms with E-state index >= 15 is 0 Å². The Balaban J connectivity index is 1.99. The monoisotopic (exact) mass is 177 g/mol. The third-order valence-electron chi connectivity index (χ3n) is 2.36. The van der Waals surface area contributed by atoms with Crippen molar-refractivity contribution < 1.29 is 4.74 Å². The molecule has 2 nitrogen and oxygen atoms in total. The number of hydrogen-bond donors (Lipinski definition) is 1. The molecular weight excluding hydrogens is 162 g/mol. The van der Waals surface area contributed by atoms with Crippen LogP contribution in [0.1, 0.15) is 18.4 Å². The van der Waals surface area contributed by atoms with E-state index in [1.807, 2.05) is 24.3 Å². The Hall–Kier alpha value is -1.02. The molecule has 1 aromatic rings. The zero-order chi connectivity index (χ0) is 9.10. The van der Waals surface area contributed by atoms with Gasteiger partial charge in [0, 0.05) is 12.1 Å². The van der Waals surface area contributed by atoms with Crippen molar-refractivity contribution in [1.29, 1.82) is 0 Å². The molecule has 0 aromatic heterocycles. The van der Waals surface area contributed by atoms with Gasteiger partial charge in [0.2, 0.25) is 0 Å². The summed E-state index contributed by atoms with van der Waals surface area (Å²) >= 11 is 0. The van der Waals surface area contributed by atoms with E-state index in [0.29, 0.717) is 6.54 Å². The summed E-state index contributed by atoms with van der Waals surface area (Å²) in [4.78, 5) is 0. The van der Waals surface area contributed by atoms with E-state index in [1.54, 1.807) is 0 Å². The summed E-state index contributed by atoms with van der Waals surface area (Å²) in [6, 6.07) is 7.99. The largest absolute Gasteiger partial charge is 0.493 e. The summed E-state index contributed by atoms with van der Waals surface area (Å²) in [5, 5.41) is 0. The molecule has 0 bridgehead atoms. The molecule has 2 rings (SSSR count). The Morgan fingerprint density at radius 2 is 2.08 bits per heavy atom. The molecule has 1 fully saturated rings. The lowest BCUT2D eigenvalue weighted by Gasteiger charge is -2.08. The maximum absolute atomic E-state index is 5.67. The number of rotatable bonds is 4. The van der Waals surface area contributed by atoms with Crippen LogP contribution >= 0.6 is 0 Å². The van der Waals surface area contributed by atoms with Gasteiger partial charge in [-0.1, -0.05) is 18.2 Å². The van der Waals surface area contributed by atoms with Crippen molar-refractivity contribution in [2.75, 3.05) is 6.61 Å². The van der Waals surface area contributed by atoms with Gasteiger partial charge in [-0.15, -0.1) is 0 Å². The van der Waals surface area contributed by atoms with E-state index in [1.165, 1.54) is 12.8 Å². The zero-order valence-corrected chi connectivity index (χ0v) is 7.70. The standard InChI is InChI=1S/C11H15NO/c12-7-10-3-1-2-4-11(10)13-8-9-5-6-9/h1-4,9H,5-8,12H2. The van der Waals surface area contributed by atoms with Crippen LogP contribution in [-0.2, 0) is 6.54 Å². The van der Waals surface area contributed by atoms with Gasteiger partial charge in [0.05, 0.1) is 6.61 Å². The van der Waals surface area contributed by atoms with Gasteiger partial charge >= 0.3 is 0 Å². The highest BCUT2D eigenvalue weighted by Gasteiger charge is 2.22. The summed E-state index contributed by atoms with van der Waals surface area (Å²) in [7, 11) is 0. The summed E-state index contributed by atoms with van der Waals surface area (Å²) in [5.74, 6) is 1.75. The second kappa shape index (κ2) is 3.79. The molecule has 1 aromatic carbocycles. The maximum Gasteiger partial charge on any atom is 0.123 e. The van der Waals surface area contributed by atoms with E-state index in [2.05, 4.69) is 0 Å². The Labute approximate surface area is 78.7 Å². The SMILES string of the molecule is NCc1ccccc1OCC1CC1. The highest BCUT2D eigenvalue weighted by molar-refractivity contribution is 5.32. The topological polar surface area (TPSA) is 35.2 Å². The van der Waals surface area contributed by atoms with Gasteiger partial charge in [-0.3, -0.25) is 0 Å². The molecule has 1 saturated carbocycles. The zero-order valence-electron chi connectivity index (χ0n) is 7.70. The van der Waals surface area contributed by atoms with Gasteiger partial charge in [0.25, 0.3) is 0 Å². The van der Waals surface area contributed by atoms with Crippen LogP contribution in [0.3, 0.4) is 0 Å². The van der Waals surface area contributed by atoms with Crippen LogP contribution in [-0.4, -0.2) is 6.61 Å². The van der Waals surface area contributed by atoms with E-state index in [0.717, 1.165) is 23.8 Å². The molecule has 0 heterocycles. The number of benzene rings is 1. The van der Waals surface area contributed by atoms with Crippen LogP contribution in [0.2, 0.25) is 0 Å². The Morgan fingerprint density at radius 1 is 1.31 bits per heavy atom. The van der Waals surface area contributed by atoms with E-state index in [-0.39, 0.29) is 0 Å². The first kappa shape index (κ1) is 8.57. The lowest BCUT2D eigenvalue weighted by atomic mass is 10.2. The van der Waals surface area contributed by atoms with Gasteiger partial charge in [-0.2, -0.15) is 0 Å². The fraction of sp³-hybridized carbons (Fsp3) is 0.455. The Morgan fingerprint density at radius 3 is 2.77 bits per heavy atom. The average Bonchev–Trinajstić information content (AvgIpc) is 2.99. The first-order valence-corrected chi connectivity index (χ1v) is 4.81. The van der Waals surface area contributed by atoms with Gasteiger partial charge in [-0.25, -0.2) is 0 Å². The van der Waals surface area contributed by atoms with Crippen LogP contribution in [0, 0.1) is 5.92 Å². The van der Waals surface area contributed by atoms with Gasteiger partial charge < -0.3 is 10.5 Å². The van der Waals surface area contributed by atoms with Gasteiger partial charge in [0.15, 0.2) is 0 Å². The van der Waals surface area contributed by atoms with Gasteiger partial charge in [-0.05, 0) is 24.8 Å². The summed E-state index contributed by atoms with van der Waals surface area (Å²) in [6.07, 6.45) is 2.65. The normalized spacial score (nSPS) is 15.8. The average molecular weight is 177 g/mol. The van der Waals surface area contributed by atoms with E-state index in [4.69, 9.17) is 10.5 Å². The van der Waals surface area contributed by atoms with E-state index in [9.17, 15) is 0 Å². The van der Waals surface area contributed by atoms with Crippen molar-refractivity contribution in [2.24, 2.45) is 11.7 Å². The van der Waals surface area contributed by atoms with Crippen molar-refractivity contribution in [2.45, 2.75) is 19.4 Å². The Kier molecular flexibility index (Phi) is 2.50. The maximum atomic E-state index is 5.67. The molecule has 0 unspecified atom stereocenters. The Bertz CT molecular complexity index is 281. The smallest absolute Gasteiger partial charge is 0.123 e. The predicted octanol–water partition coefficient (Wildman–Crippen LogP) is 1.93.